The molecule has 4 nitrogen and oxygen atoms in total. The number of carboxylic acid groups (broad SMARTS) is 1. The second kappa shape index (κ2) is 5.91. The molecular formula is C14H14ClNO3. The fourth-order valence-electron chi connectivity index (χ4n) is 1.82. The number of furan rings is 1. The van der Waals surface area contributed by atoms with Crippen molar-refractivity contribution >= 4 is 17.6 Å². The van der Waals surface area contributed by atoms with Crippen LogP contribution in [-0.2, 0) is 6.54 Å². The molecule has 100 valence electrons. The van der Waals surface area contributed by atoms with Crippen molar-refractivity contribution in [1.29, 1.82) is 0 Å². The fraction of sp³-hybridized carbons (Fsp3) is 0.214. The summed E-state index contributed by atoms with van der Waals surface area (Å²) >= 11 is 5.93. The highest BCUT2D eigenvalue weighted by Crippen LogP contribution is 2.18. The molecule has 2 rings (SSSR count). The summed E-state index contributed by atoms with van der Waals surface area (Å²) in [6.07, 6.45) is 1.38. The highest BCUT2D eigenvalue weighted by molar-refractivity contribution is 6.30. The van der Waals surface area contributed by atoms with E-state index >= 15 is 0 Å². The first-order valence-electron chi connectivity index (χ1n) is 5.86. The molecule has 0 aliphatic rings. The Hall–Kier alpha value is -1.78. The average Bonchev–Trinajstić information content (AvgIpc) is 2.84. The zero-order chi connectivity index (χ0) is 13.8. The van der Waals surface area contributed by atoms with E-state index in [2.05, 4.69) is 5.32 Å². The van der Waals surface area contributed by atoms with Gasteiger partial charge in [-0.2, -0.15) is 0 Å². The largest absolute Gasteiger partial charge is 0.475 e. The van der Waals surface area contributed by atoms with Gasteiger partial charge in [0.1, 0.15) is 0 Å². The van der Waals surface area contributed by atoms with Crippen LogP contribution in [-0.4, -0.2) is 11.1 Å². The predicted octanol–water partition coefficient (Wildman–Crippen LogP) is 3.48. The molecule has 19 heavy (non-hydrogen) atoms. The topological polar surface area (TPSA) is 62.5 Å². The van der Waals surface area contributed by atoms with Crippen LogP contribution in [0, 0.1) is 0 Å². The molecular weight excluding hydrogens is 266 g/mol. The average molecular weight is 280 g/mol. The lowest BCUT2D eigenvalue weighted by atomic mass is 10.1. The summed E-state index contributed by atoms with van der Waals surface area (Å²) in [4.78, 5) is 10.9. The van der Waals surface area contributed by atoms with Crippen LogP contribution < -0.4 is 5.32 Å². The molecule has 0 fully saturated rings. The summed E-state index contributed by atoms with van der Waals surface area (Å²) in [6.45, 7) is 2.41. The van der Waals surface area contributed by atoms with Gasteiger partial charge in [0, 0.05) is 23.2 Å². The number of benzene rings is 1. The van der Waals surface area contributed by atoms with E-state index in [1.807, 2.05) is 31.2 Å². The van der Waals surface area contributed by atoms with E-state index in [1.165, 1.54) is 6.26 Å². The number of aromatic carboxylic acids is 1. The first-order chi connectivity index (χ1) is 9.08. The molecule has 2 aromatic rings. The molecule has 0 saturated heterocycles. The van der Waals surface area contributed by atoms with Gasteiger partial charge in [0.25, 0.3) is 0 Å². The smallest absolute Gasteiger partial charge is 0.372 e. The quantitative estimate of drug-likeness (QED) is 0.879. The van der Waals surface area contributed by atoms with Crippen LogP contribution in [0.2, 0.25) is 5.02 Å². The lowest BCUT2D eigenvalue weighted by Gasteiger charge is -2.14. The van der Waals surface area contributed by atoms with Gasteiger partial charge in [0.05, 0.1) is 6.26 Å². The molecule has 1 heterocycles. The van der Waals surface area contributed by atoms with E-state index < -0.39 is 5.97 Å². The molecule has 1 atom stereocenters. The third-order valence-electron chi connectivity index (χ3n) is 2.89. The predicted molar refractivity (Wildman–Crippen MR) is 72.4 cm³/mol. The second-order valence-corrected chi connectivity index (χ2v) is 4.67. The summed E-state index contributed by atoms with van der Waals surface area (Å²) in [6, 6.07) is 9.27. The van der Waals surface area contributed by atoms with Crippen molar-refractivity contribution in [2.45, 2.75) is 19.5 Å². The van der Waals surface area contributed by atoms with Crippen LogP contribution in [0.1, 0.15) is 34.6 Å². The first-order valence-corrected chi connectivity index (χ1v) is 6.24. The van der Waals surface area contributed by atoms with Crippen LogP contribution in [0.4, 0.5) is 0 Å². The summed E-state index contributed by atoms with van der Waals surface area (Å²) in [5, 5.41) is 12.9. The highest BCUT2D eigenvalue weighted by atomic mass is 35.5. The lowest BCUT2D eigenvalue weighted by molar-refractivity contribution is 0.0660. The molecule has 0 amide bonds. The number of nitrogens with one attached hydrogen (secondary N) is 1. The van der Waals surface area contributed by atoms with Crippen molar-refractivity contribution in [3.8, 4) is 0 Å². The fourth-order valence-corrected chi connectivity index (χ4v) is 2.02. The van der Waals surface area contributed by atoms with Gasteiger partial charge in [-0.15, -0.1) is 0 Å². The SMILES string of the molecule is C[C@H](NCc1ccoc1C(=O)O)c1cccc(Cl)c1. The molecule has 0 spiro atoms. The second-order valence-electron chi connectivity index (χ2n) is 4.24. The summed E-state index contributed by atoms with van der Waals surface area (Å²) in [5.74, 6) is -1.08. The summed E-state index contributed by atoms with van der Waals surface area (Å²) < 4.78 is 4.92. The highest BCUT2D eigenvalue weighted by Gasteiger charge is 2.14. The molecule has 0 bridgehead atoms. The van der Waals surface area contributed by atoms with Crippen LogP contribution in [0.3, 0.4) is 0 Å². The van der Waals surface area contributed by atoms with Crippen LogP contribution in [0.25, 0.3) is 0 Å². The minimum Gasteiger partial charge on any atom is -0.475 e. The monoisotopic (exact) mass is 279 g/mol. The van der Waals surface area contributed by atoms with Crippen molar-refractivity contribution in [3.63, 3.8) is 0 Å². The van der Waals surface area contributed by atoms with Gasteiger partial charge in [-0.25, -0.2) is 4.79 Å². The molecule has 0 aliphatic carbocycles. The van der Waals surface area contributed by atoms with E-state index in [0.717, 1.165) is 5.56 Å². The summed E-state index contributed by atoms with van der Waals surface area (Å²) in [5.41, 5.74) is 1.68. The third-order valence-corrected chi connectivity index (χ3v) is 3.12. The standard InChI is InChI=1S/C14H14ClNO3/c1-9(10-3-2-4-12(15)7-10)16-8-11-5-6-19-13(11)14(17)18/h2-7,9,16H,8H2,1H3,(H,17,18)/t9-/m0/s1. The van der Waals surface area contributed by atoms with Gasteiger partial charge < -0.3 is 14.8 Å². The van der Waals surface area contributed by atoms with Gasteiger partial charge in [0.15, 0.2) is 0 Å². The zero-order valence-electron chi connectivity index (χ0n) is 10.4. The van der Waals surface area contributed by atoms with Gasteiger partial charge in [0.2, 0.25) is 5.76 Å². The first kappa shape index (κ1) is 13.6. The number of hydrogen-bond donors (Lipinski definition) is 2. The van der Waals surface area contributed by atoms with Crippen molar-refractivity contribution < 1.29 is 14.3 Å². The molecule has 5 heteroatoms. The number of carbonyl (C=O) groups is 1. The molecule has 1 aromatic heterocycles. The van der Waals surface area contributed by atoms with E-state index in [4.69, 9.17) is 21.1 Å². The molecule has 0 saturated carbocycles. The Balaban J connectivity index is 2.02. The Morgan fingerprint density at radius 2 is 2.26 bits per heavy atom. The maximum Gasteiger partial charge on any atom is 0.372 e. The lowest BCUT2D eigenvalue weighted by Crippen LogP contribution is -2.19. The van der Waals surface area contributed by atoms with E-state index in [-0.39, 0.29) is 11.8 Å². The van der Waals surface area contributed by atoms with Crippen LogP contribution in [0.5, 0.6) is 0 Å². The van der Waals surface area contributed by atoms with Crippen LogP contribution in [0.15, 0.2) is 41.0 Å². The minimum atomic E-state index is -1.06. The van der Waals surface area contributed by atoms with Crippen molar-refractivity contribution in [2.75, 3.05) is 0 Å². The summed E-state index contributed by atoms with van der Waals surface area (Å²) in [7, 11) is 0. The molecule has 0 unspecified atom stereocenters. The number of rotatable bonds is 5. The van der Waals surface area contributed by atoms with Gasteiger partial charge in [-0.1, -0.05) is 23.7 Å². The normalized spacial score (nSPS) is 12.3. The van der Waals surface area contributed by atoms with Crippen molar-refractivity contribution in [1.82, 2.24) is 5.32 Å². The van der Waals surface area contributed by atoms with Gasteiger partial charge in [-0.3, -0.25) is 0 Å². The Morgan fingerprint density at radius 3 is 2.95 bits per heavy atom. The van der Waals surface area contributed by atoms with E-state index in [9.17, 15) is 4.79 Å². The molecule has 0 aliphatic heterocycles. The molecule has 1 aromatic carbocycles. The Labute approximate surface area is 116 Å². The van der Waals surface area contributed by atoms with Gasteiger partial charge >= 0.3 is 5.97 Å². The van der Waals surface area contributed by atoms with E-state index in [1.54, 1.807) is 6.07 Å². The zero-order valence-corrected chi connectivity index (χ0v) is 11.1. The Bertz CT molecular complexity index is 580. The number of halogens is 1. The van der Waals surface area contributed by atoms with Crippen molar-refractivity contribution in [2.24, 2.45) is 0 Å². The maximum atomic E-state index is 10.9. The molecule has 0 radical (unpaired) electrons. The number of carboxylic acids is 1. The Morgan fingerprint density at radius 1 is 1.47 bits per heavy atom. The maximum absolute atomic E-state index is 10.9. The van der Waals surface area contributed by atoms with Crippen molar-refractivity contribution in [3.05, 3.63) is 58.5 Å². The minimum absolute atomic E-state index is 0.0224. The Kier molecular flexibility index (Phi) is 4.24. The van der Waals surface area contributed by atoms with Gasteiger partial charge in [-0.05, 0) is 30.7 Å². The molecule has 2 N–H and O–H groups in total. The van der Waals surface area contributed by atoms with Crippen LogP contribution >= 0.6 is 11.6 Å². The number of hydrogen-bond acceptors (Lipinski definition) is 3. The van der Waals surface area contributed by atoms with E-state index in [0.29, 0.717) is 17.1 Å². The third kappa shape index (κ3) is 3.36.